The summed E-state index contributed by atoms with van der Waals surface area (Å²) in [4.78, 5) is 40.1. The van der Waals surface area contributed by atoms with Crippen molar-refractivity contribution in [3.8, 4) is 5.75 Å². The molecule has 1 rings (SSSR count). The SMILES string of the molecule is CCC(C)C(NC(=O)OC(C)(C)C)C(=O)N(C)C(C(=O)NC(C)C)c1cccc(O)c1. The first kappa shape index (κ1) is 26.3. The third-order valence-corrected chi connectivity index (χ3v) is 4.75. The summed E-state index contributed by atoms with van der Waals surface area (Å²) in [5, 5.41) is 15.4. The van der Waals surface area contributed by atoms with E-state index in [1.54, 1.807) is 32.9 Å². The first-order valence-corrected chi connectivity index (χ1v) is 10.6. The molecular weight excluding hydrogens is 398 g/mol. The topological polar surface area (TPSA) is 108 Å². The lowest BCUT2D eigenvalue weighted by atomic mass is 9.96. The van der Waals surface area contributed by atoms with Gasteiger partial charge in [0.2, 0.25) is 11.8 Å². The molecule has 0 spiro atoms. The van der Waals surface area contributed by atoms with Crippen molar-refractivity contribution in [2.45, 2.75) is 78.6 Å². The highest BCUT2D eigenvalue weighted by Gasteiger charge is 2.36. The minimum Gasteiger partial charge on any atom is -0.508 e. The zero-order chi connectivity index (χ0) is 23.9. The summed E-state index contributed by atoms with van der Waals surface area (Å²) in [6, 6.07) is 4.24. The fraction of sp³-hybridized carbons (Fsp3) is 0.609. The molecule has 3 N–H and O–H groups in total. The van der Waals surface area contributed by atoms with Gasteiger partial charge in [0.1, 0.15) is 23.4 Å². The van der Waals surface area contributed by atoms with Crippen molar-refractivity contribution in [2.24, 2.45) is 5.92 Å². The molecule has 0 bridgehead atoms. The average Bonchev–Trinajstić information content (AvgIpc) is 2.63. The number of ether oxygens (including phenoxy) is 1. The summed E-state index contributed by atoms with van der Waals surface area (Å²) >= 11 is 0. The maximum atomic E-state index is 13.4. The van der Waals surface area contributed by atoms with Gasteiger partial charge in [0.05, 0.1) is 0 Å². The van der Waals surface area contributed by atoms with E-state index in [2.05, 4.69) is 10.6 Å². The molecule has 1 aromatic rings. The Morgan fingerprint density at radius 1 is 1.13 bits per heavy atom. The van der Waals surface area contributed by atoms with E-state index >= 15 is 0 Å². The number of benzene rings is 1. The molecule has 0 aliphatic rings. The molecule has 0 saturated carbocycles. The molecule has 174 valence electrons. The van der Waals surface area contributed by atoms with Crippen LogP contribution in [0.4, 0.5) is 4.79 Å². The maximum absolute atomic E-state index is 13.4. The van der Waals surface area contributed by atoms with Crippen LogP contribution in [-0.2, 0) is 14.3 Å². The molecule has 0 heterocycles. The Balaban J connectivity index is 3.26. The summed E-state index contributed by atoms with van der Waals surface area (Å²) < 4.78 is 5.32. The quantitative estimate of drug-likeness (QED) is 0.580. The monoisotopic (exact) mass is 435 g/mol. The first-order chi connectivity index (χ1) is 14.3. The number of carbonyl (C=O) groups is 3. The molecule has 1 aromatic carbocycles. The Kier molecular flexibility index (Phi) is 9.34. The molecule has 3 amide bonds. The first-order valence-electron chi connectivity index (χ1n) is 10.6. The summed E-state index contributed by atoms with van der Waals surface area (Å²) in [6.45, 7) is 12.6. The van der Waals surface area contributed by atoms with Crippen LogP contribution in [0.15, 0.2) is 24.3 Å². The van der Waals surface area contributed by atoms with Crippen molar-refractivity contribution in [1.82, 2.24) is 15.5 Å². The van der Waals surface area contributed by atoms with Crippen LogP contribution in [0.1, 0.15) is 66.5 Å². The van der Waals surface area contributed by atoms with E-state index < -0.39 is 29.7 Å². The number of phenolic OH excluding ortho intramolecular Hbond substituents is 1. The van der Waals surface area contributed by atoms with E-state index in [0.29, 0.717) is 12.0 Å². The lowest BCUT2D eigenvalue weighted by molar-refractivity contribution is -0.142. The molecule has 0 fully saturated rings. The molecule has 3 unspecified atom stereocenters. The van der Waals surface area contributed by atoms with Gasteiger partial charge in [-0.05, 0) is 58.2 Å². The standard InChI is InChI=1S/C23H37N3O5/c1-9-15(4)18(25-22(30)31-23(5,6)7)21(29)26(8)19(20(28)24-14(2)3)16-11-10-12-17(27)13-16/h10-15,18-19,27H,9H2,1-8H3,(H,24,28)(H,25,30). The Morgan fingerprint density at radius 2 is 1.74 bits per heavy atom. The predicted octanol–water partition coefficient (Wildman–Crippen LogP) is 3.36. The summed E-state index contributed by atoms with van der Waals surface area (Å²) in [5.74, 6) is -1.00. The van der Waals surface area contributed by atoms with E-state index in [-0.39, 0.29) is 23.6 Å². The number of rotatable bonds is 8. The molecule has 0 saturated heterocycles. The number of amides is 3. The smallest absolute Gasteiger partial charge is 0.408 e. The normalized spacial score (nSPS) is 14.4. The van der Waals surface area contributed by atoms with Gasteiger partial charge in [0.25, 0.3) is 0 Å². The van der Waals surface area contributed by atoms with Crippen LogP contribution < -0.4 is 10.6 Å². The van der Waals surface area contributed by atoms with Crippen molar-refractivity contribution in [2.75, 3.05) is 7.05 Å². The number of hydrogen-bond acceptors (Lipinski definition) is 5. The highest BCUT2D eigenvalue weighted by atomic mass is 16.6. The van der Waals surface area contributed by atoms with Crippen LogP contribution in [-0.4, -0.2) is 52.6 Å². The van der Waals surface area contributed by atoms with Crippen molar-refractivity contribution in [3.05, 3.63) is 29.8 Å². The number of nitrogens with zero attached hydrogens (tertiary/aromatic N) is 1. The van der Waals surface area contributed by atoms with Gasteiger partial charge in [-0.2, -0.15) is 0 Å². The van der Waals surface area contributed by atoms with E-state index in [1.165, 1.54) is 24.1 Å². The van der Waals surface area contributed by atoms with Crippen molar-refractivity contribution < 1.29 is 24.2 Å². The minimum atomic E-state index is -0.978. The van der Waals surface area contributed by atoms with Gasteiger partial charge in [-0.1, -0.05) is 32.4 Å². The van der Waals surface area contributed by atoms with Crippen LogP contribution in [0.3, 0.4) is 0 Å². The molecule has 0 aliphatic carbocycles. The van der Waals surface area contributed by atoms with Crippen molar-refractivity contribution in [3.63, 3.8) is 0 Å². The van der Waals surface area contributed by atoms with Gasteiger partial charge >= 0.3 is 6.09 Å². The molecule has 8 heteroatoms. The van der Waals surface area contributed by atoms with Crippen LogP contribution >= 0.6 is 0 Å². The Morgan fingerprint density at radius 3 is 2.23 bits per heavy atom. The lowest BCUT2D eigenvalue weighted by Crippen LogP contribution is -2.54. The number of alkyl carbamates (subject to hydrolysis) is 1. The maximum Gasteiger partial charge on any atom is 0.408 e. The summed E-state index contributed by atoms with van der Waals surface area (Å²) in [7, 11) is 1.52. The number of carbonyl (C=O) groups excluding carboxylic acids is 3. The fourth-order valence-electron chi connectivity index (χ4n) is 3.07. The van der Waals surface area contributed by atoms with E-state index in [0.717, 1.165) is 0 Å². The summed E-state index contributed by atoms with van der Waals surface area (Å²) in [6.07, 6.45) is -0.0604. The van der Waals surface area contributed by atoms with Gasteiger partial charge < -0.3 is 25.4 Å². The second-order valence-electron chi connectivity index (χ2n) is 9.12. The molecule has 8 nitrogen and oxygen atoms in total. The highest BCUT2D eigenvalue weighted by Crippen LogP contribution is 2.25. The number of phenols is 1. The molecule has 3 atom stereocenters. The van der Waals surface area contributed by atoms with Crippen LogP contribution in [0.25, 0.3) is 0 Å². The number of likely N-dealkylation sites (N-methyl/N-ethyl adjacent to an activating group) is 1. The molecule has 0 aromatic heterocycles. The fourth-order valence-corrected chi connectivity index (χ4v) is 3.07. The number of nitrogens with one attached hydrogen (secondary N) is 2. The zero-order valence-electron chi connectivity index (χ0n) is 19.9. The Hall–Kier alpha value is -2.77. The summed E-state index contributed by atoms with van der Waals surface area (Å²) in [5.41, 5.74) is -0.241. The van der Waals surface area contributed by atoms with Crippen molar-refractivity contribution in [1.29, 1.82) is 0 Å². The van der Waals surface area contributed by atoms with Gasteiger partial charge in [-0.15, -0.1) is 0 Å². The van der Waals surface area contributed by atoms with Gasteiger partial charge in [0, 0.05) is 13.1 Å². The van der Waals surface area contributed by atoms with Gasteiger partial charge in [-0.25, -0.2) is 4.79 Å². The Labute approximate surface area is 185 Å². The van der Waals surface area contributed by atoms with E-state index in [1.807, 2.05) is 27.7 Å². The second-order valence-corrected chi connectivity index (χ2v) is 9.12. The van der Waals surface area contributed by atoms with E-state index in [9.17, 15) is 19.5 Å². The van der Waals surface area contributed by atoms with Crippen LogP contribution in [0.5, 0.6) is 5.75 Å². The van der Waals surface area contributed by atoms with Gasteiger partial charge in [0.15, 0.2) is 0 Å². The predicted molar refractivity (Wildman–Crippen MR) is 120 cm³/mol. The van der Waals surface area contributed by atoms with Crippen LogP contribution in [0, 0.1) is 5.92 Å². The zero-order valence-corrected chi connectivity index (χ0v) is 19.9. The minimum absolute atomic E-state index is 0.00829. The molecular formula is C23H37N3O5. The van der Waals surface area contributed by atoms with Crippen molar-refractivity contribution >= 4 is 17.9 Å². The van der Waals surface area contributed by atoms with Crippen LogP contribution in [0.2, 0.25) is 0 Å². The molecule has 0 radical (unpaired) electrons. The third-order valence-electron chi connectivity index (χ3n) is 4.75. The number of hydrogen-bond donors (Lipinski definition) is 3. The molecule has 31 heavy (non-hydrogen) atoms. The number of aromatic hydroxyl groups is 1. The third kappa shape index (κ3) is 8.11. The largest absolute Gasteiger partial charge is 0.508 e. The second kappa shape index (κ2) is 11.0. The Bertz CT molecular complexity index is 773. The van der Waals surface area contributed by atoms with E-state index in [4.69, 9.17) is 4.74 Å². The lowest BCUT2D eigenvalue weighted by Gasteiger charge is -2.34. The average molecular weight is 436 g/mol. The highest BCUT2D eigenvalue weighted by molar-refractivity contribution is 5.92. The van der Waals surface area contributed by atoms with Gasteiger partial charge in [-0.3, -0.25) is 9.59 Å². The molecule has 0 aliphatic heterocycles.